The van der Waals surface area contributed by atoms with Crippen LogP contribution in [0.1, 0.15) is 17.7 Å². The average molecular weight is 236 g/mol. The molecule has 16 heavy (non-hydrogen) atoms. The lowest BCUT2D eigenvalue weighted by Crippen LogP contribution is -2.45. The zero-order valence-corrected chi connectivity index (χ0v) is 9.93. The summed E-state index contributed by atoms with van der Waals surface area (Å²) in [5.74, 6) is 0.00194. The van der Waals surface area contributed by atoms with Gasteiger partial charge in [-0.05, 0) is 36.9 Å². The summed E-state index contributed by atoms with van der Waals surface area (Å²) in [4.78, 5) is 12.7. The predicted octanol–water partition coefficient (Wildman–Crippen LogP) is 1.63. The zero-order valence-electron chi connectivity index (χ0n) is 9.11. The standard InChI is InChI=1S/C12H16N2OS/c15-12(6-5-11-4-2-8-16-11)14-10-3-1-7-13-9-10/h2,4-6,8,10,13H,1,3,7,9H2,(H,14,15). The Hall–Kier alpha value is -1.13. The van der Waals surface area contributed by atoms with Crippen LogP contribution in [0.3, 0.4) is 0 Å². The molecule has 1 aliphatic heterocycles. The van der Waals surface area contributed by atoms with E-state index in [-0.39, 0.29) is 11.9 Å². The first-order chi connectivity index (χ1) is 7.84. The highest BCUT2D eigenvalue weighted by molar-refractivity contribution is 7.10. The Kier molecular flexibility index (Phi) is 4.13. The van der Waals surface area contributed by atoms with Gasteiger partial charge in [-0.3, -0.25) is 4.79 Å². The monoisotopic (exact) mass is 236 g/mol. The molecule has 0 spiro atoms. The second-order valence-corrected chi connectivity index (χ2v) is 4.88. The number of nitrogens with one attached hydrogen (secondary N) is 2. The van der Waals surface area contributed by atoms with E-state index in [1.54, 1.807) is 17.4 Å². The fourth-order valence-electron chi connectivity index (χ4n) is 1.77. The zero-order chi connectivity index (χ0) is 11.2. The molecule has 0 saturated carbocycles. The maximum atomic E-state index is 11.6. The van der Waals surface area contributed by atoms with Crippen molar-refractivity contribution in [2.75, 3.05) is 13.1 Å². The molecule has 0 bridgehead atoms. The van der Waals surface area contributed by atoms with Gasteiger partial charge in [0.05, 0.1) is 0 Å². The summed E-state index contributed by atoms with van der Waals surface area (Å²) in [6, 6.07) is 4.26. The number of thiophene rings is 1. The Balaban J connectivity index is 1.79. The molecule has 1 atom stereocenters. The molecule has 1 fully saturated rings. The van der Waals surface area contributed by atoms with Gasteiger partial charge in [0.15, 0.2) is 0 Å². The van der Waals surface area contributed by atoms with Crippen LogP contribution in [-0.4, -0.2) is 25.0 Å². The van der Waals surface area contributed by atoms with Gasteiger partial charge in [-0.25, -0.2) is 0 Å². The van der Waals surface area contributed by atoms with Crippen molar-refractivity contribution in [2.45, 2.75) is 18.9 Å². The first kappa shape index (κ1) is 11.4. The van der Waals surface area contributed by atoms with Gasteiger partial charge in [0.1, 0.15) is 0 Å². The minimum Gasteiger partial charge on any atom is -0.349 e. The van der Waals surface area contributed by atoms with Crippen LogP contribution in [-0.2, 0) is 4.79 Å². The maximum Gasteiger partial charge on any atom is 0.244 e. The molecule has 0 aromatic carbocycles. The van der Waals surface area contributed by atoms with Gasteiger partial charge in [0, 0.05) is 23.5 Å². The van der Waals surface area contributed by atoms with Crippen molar-refractivity contribution in [3.8, 4) is 0 Å². The second kappa shape index (κ2) is 5.82. The van der Waals surface area contributed by atoms with Crippen molar-refractivity contribution in [1.82, 2.24) is 10.6 Å². The molecule has 2 N–H and O–H groups in total. The van der Waals surface area contributed by atoms with E-state index in [0.717, 1.165) is 30.8 Å². The van der Waals surface area contributed by atoms with Crippen LogP contribution in [0, 0.1) is 0 Å². The number of piperidine rings is 1. The van der Waals surface area contributed by atoms with Gasteiger partial charge >= 0.3 is 0 Å². The lowest BCUT2D eigenvalue weighted by atomic mass is 10.1. The van der Waals surface area contributed by atoms with Gasteiger partial charge < -0.3 is 10.6 Å². The quantitative estimate of drug-likeness (QED) is 0.783. The Morgan fingerprint density at radius 2 is 2.56 bits per heavy atom. The third-order valence-corrected chi connectivity index (χ3v) is 3.42. The lowest BCUT2D eigenvalue weighted by molar-refractivity contribution is -0.117. The molecular formula is C12H16N2OS. The van der Waals surface area contributed by atoms with Crippen LogP contribution in [0.2, 0.25) is 0 Å². The van der Waals surface area contributed by atoms with Crippen LogP contribution in [0.5, 0.6) is 0 Å². The fraction of sp³-hybridized carbons (Fsp3) is 0.417. The third kappa shape index (κ3) is 3.47. The van der Waals surface area contributed by atoms with Crippen molar-refractivity contribution >= 4 is 23.3 Å². The molecule has 1 aromatic heterocycles. The summed E-state index contributed by atoms with van der Waals surface area (Å²) in [5.41, 5.74) is 0. The first-order valence-electron chi connectivity index (χ1n) is 5.57. The number of hydrogen-bond donors (Lipinski definition) is 2. The Labute approximate surface area is 99.6 Å². The molecule has 0 radical (unpaired) electrons. The Morgan fingerprint density at radius 3 is 3.25 bits per heavy atom. The highest BCUT2D eigenvalue weighted by Crippen LogP contribution is 2.10. The number of carbonyl (C=O) groups excluding carboxylic acids is 1. The van der Waals surface area contributed by atoms with E-state index in [9.17, 15) is 4.79 Å². The van der Waals surface area contributed by atoms with Crippen molar-refractivity contribution in [3.63, 3.8) is 0 Å². The van der Waals surface area contributed by atoms with Crippen LogP contribution >= 0.6 is 11.3 Å². The van der Waals surface area contributed by atoms with E-state index in [0.29, 0.717) is 0 Å². The summed E-state index contributed by atoms with van der Waals surface area (Å²) in [6.07, 6.45) is 5.68. The molecule has 1 amide bonds. The minimum atomic E-state index is 0.00194. The topological polar surface area (TPSA) is 41.1 Å². The predicted molar refractivity (Wildman–Crippen MR) is 67.4 cm³/mol. The van der Waals surface area contributed by atoms with Gasteiger partial charge in [0.25, 0.3) is 0 Å². The lowest BCUT2D eigenvalue weighted by Gasteiger charge is -2.23. The number of rotatable bonds is 3. The summed E-state index contributed by atoms with van der Waals surface area (Å²) >= 11 is 1.63. The van der Waals surface area contributed by atoms with E-state index in [4.69, 9.17) is 0 Å². The van der Waals surface area contributed by atoms with Gasteiger partial charge in [-0.15, -0.1) is 11.3 Å². The van der Waals surface area contributed by atoms with Crippen molar-refractivity contribution < 1.29 is 4.79 Å². The third-order valence-electron chi connectivity index (χ3n) is 2.59. The maximum absolute atomic E-state index is 11.6. The second-order valence-electron chi connectivity index (χ2n) is 3.90. The van der Waals surface area contributed by atoms with Crippen LogP contribution in [0.25, 0.3) is 6.08 Å². The van der Waals surface area contributed by atoms with Crippen molar-refractivity contribution in [2.24, 2.45) is 0 Å². The minimum absolute atomic E-state index is 0.00194. The average Bonchev–Trinajstić information content (AvgIpc) is 2.81. The summed E-state index contributed by atoms with van der Waals surface area (Å²) in [7, 11) is 0. The highest BCUT2D eigenvalue weighted by Gasteiger charge is 2.13. The fourth-order valence-corrected chi connectivity index (χ4v) is 2.39. The van der Waals surface area contributed by atoms with E-state index < -0.39 is 0 Å². The van der Waals surface area contributed by atoms with E-state index in [2.05, 4.69) is 10.6 Å². The molecule has 1 saturated heterocycles. The molecule has 86 valence electrons. The normalized spacial score (nSPS) is 21.1. The number of carbonyl (C=O) groups is 1. The molecule has 2 heterocycles. The smallest absolute Gasteiger partial charge is 0.244 e. The number of hydrogen-bond acceptors (Lipinski definition) is 3. The molecule has 0 aliphatic carbocycles. The van der Waals surface area contributed by atoms with Gasteiger partial charge in [0.2, 0.25) is 5.91 Å². The van der Waals surface area contributed by atoms with Crippen LogP contribution in [0.15, 0.2) is 23.6 Å². The Morgan fingerprint density at radius 1 is 1.62 bits per heavy atom. The van der Waals surface area contributed by atoms with Gasteiger partial charge in [-0.1, -0.05) is 6.07 Å². The van der Waals surface area contributed by atoms with E-state index >= 15 is 0 Å². The molecule has 1 aromatic rings. The van der Waals surface area contributed by atoms with Gasteiger partial charge in [-0.2, -0.15) is 0 Å². The highest BCUT2D eigenvalue weighted by atomic mass is 32.1. The van der Waals surface area contributed by atoms with Crippen molar-refractivity contribution in [1.29, 1.82) is 0 Å². The van der Waals surface area contributed by atoms with E-state index in [1.807, 2.05) is 23.6 Å². The largest absolute Gasteiger partial charge is 0.349 e. The molecule has 1 unspecified atom stereocenters. The van der Waals surface area contributed by atoms with E-state index in [1.165, 1.54) is 0 Å². The summed E-state index contributed by atoms with van der Waals surface area (Å²) < 4.78 is 0. The molecule has 1 aliphatic rings. The van der Waals surface area contributed by atoms with Crippen molar-refractivity contribution in [3.05, 3.63) is 28.5 Å². The SMILES string of the molecule is O=C(C=Cc1cccs1)NC1CCCNC1. The number of amides is 1. The molecule has 4 heteroatoms. The molecule has 2 rings (SSSR count). The molecular weight excluding hydrogens is 220 g/mol. The van der Waals surface area contributed by atoms with Crippen LogP contribution < -0.4 is 10.6 Å². The first-order valence-corrected chi connectivity index (χ1v) is 6.45. The summed E-state index contributed by atoms with van der Waals surface area (Å²) in [5, 5.41) is 8.27. The van der Waals surface area contributed by atoms with Crippen LogP contribution in [0.4, 0.5) is 0 Å². The molecule has 3 nitrogen and oxygen atoms in total. The Bertz CT molecular complexity index is 353. The summed E-state index contributed by atoms with van der Waals surface area (Å²) in [6.45, 7) is 1.95.